The molecule has 2 aromatic rings. The summed E-state index contributed by atoms with van der Waals surface area (Å²) in [7, 11) is 0. The topological polar surface area (TPSA) is 67.4 Å². The zero-order chi connectivity index (χ0) is 17.6. The van der Waals surface area contributed by atoms with Crippen molar-refractivity contribution in [2.24, 2.45) is 0 Å². The maximum Gasteiger partial charge on any atom is 0.407 e. The van der Waals surface area contributed by atoms with Crippen molar-refractivity contribution in [3.8, 4) is 11.1 Å². The Balaban J connectivity index is 1.61. The lowest BCUT2D eigenvalue weighted by atomic mass is 9.98. The fourth-order valence-corrected chi connectivity index (χ4v) is 3.05. The maximum absolute atomic E-state index is 11.9. The minimum Gasteiger partial charge on any atom is -0.449 e. The van der Waals surface area contributed by atoms with Gasteiger partial charge in [0.2, 0.25) is 5.91 Å². The van der Waals surface area contributed by atoms with Crippen molar-refractivity contribution in [1.82, 2.24) is 10.6 Å². The molecule has 0 bridgehead atoms. The van der Waals surface area contributed by atoms with Gasteiger partial charge in [-0.25, -0.2) is 4.79 Å². The molecule has 5 heteroatoms. The third kappa shape index (κ3) is 3.71. The molecule has 0 saturated carbocycles. The van der Waals surface area contributed by atoms with E-state index in [1.54, 1.807) is 6.08 Å². The van der Waals surface area contributed by atoms with E-state index in [0.717, 1.165) is 11.1 Å². The number of amides is 2. The van der Waals surface area contributed by atoms with E-state index in [9.17, 15) is 9.59 Å². The Morgan fingerprint density at radius 3 is 2.20 bits per heavy atom. The minimum atomic E-state index is -0.601. The largest absolute Gasteiger partial charge is 0.449 e. The number of benzene rings is 2. The Morgan fingerprint density at radius 1 is 1.00 bits per heavy atom. The van der Waals surface area contributed by atoms with E-state index in [1.165, 1.54) is 11.1 Å². The van der Waals surface area contributed by atoms with Gasteiger partial charge >= 0.3 is 6.09 Å². The summed E-state index contributed by atoms with van der Waals surface area (Å²) in [5.41, 5.74) is 4.66. The number of hydrogen-bond acceptors (Lipinski definition) is 3. The molecule has 1 aliphatic carbocycles. The molecule has 3 rings (SSSR count). The van der Waals surface area contributed by atoms with E-state index in [4.69, 9.17) is 4.74 Å². The van der Waals surface area contributed by atoms with E-state index >= 15 is 0 Å². The summed E-state index contributed by atoms with van der Waals surface area (Å²) in [4.78, 5) is 23.3. The number of carbonyl (C=O) groups is 2. The van der Waals surface area contributed by atoms with Gasteiger partial charge in [-0.2, -0.15) is 0 Å². The van der Waals surface area contributed by atoms with Crippen molar-refractivity contribution in [3.05, 3.63) is 72.3 Å². The quantitative estimate of drug-likeness (QED) is 0.797. The van der Waals surface area contributed by atoms with Gasteiger partial charge in [-0.05, 0) is 22.3 Å². The van der Waals surface area contributed by atoms with Crippen molar-refractivity contribution in [2.75, 3.05) is 19.7 Å². The predicted octanol–water partition coefficient (Wildman–Crippen LogP) is 2.83. The highest BCUT2D eigenvalue weighted by Crippen LogP contribution is 2.44. The molecule has 0 radical (unpaired) electrons. The van der Waals surface area contributed by atoms with Gasteiger partial charge < -0.3 is 15.4 Å². The number of alkyl carbamates (subject to hydrolysis) is 1. The molecule has 0 spiro atoms. The van der Waals surface area contributed by atoms with Crippen LogP contribution in [0.15, 0.2) is 61.2 Å². The molecule has 0 fully saturated rings. The number of hydrogen-bond donors (Lipinski definition) is 2. The number of carbonyl (C=O) groups excluding carboxylic acids is 2. The van der Waals surface area contributed by atoms with Gasteiger partial charge in [-0.15, -0.1) is 6.58 Å². The van der Waals surface area contributed by atoms with Crippen LogP contribution in [-0.2, 0) is 9.53 Å². The van der Waals surface area contributed by atoms with E-state index in [-0.39, 0.29) is 25.0 Å². The minimum absolute atomic E-state index is 0.00717. The van der Waals surface area contributed by atoms with Gasteiger partial charge in [0.1, 0.15) is 13.2 Å². The molecule has 25 heavy (non-hydrogen) atoms. The first-order valence-electron chi connectivity index (χ1n) is 8.17. The smallest absolute Gasteiger partial charge is 0.407 e. The second-order valence-electron chi connectivity index (χ2n) is 5.77. The van der Waals surface area contributed by atoms with Crippen LogP contribution in [0, 0.1) is 0 Å². The fraction of sp³-hybridized carbons (Fsp3) is 0.200. The Kier molecular flexibility index (Phi) is 5.14. The van der Waals surface area contributed by atoms with Crippen LogP contribution >= 0.6 is 0 Å². The molecular formula is C20H20N2O3. The summed E-state index contributed by atoms with van der Waals surface area (Å²) in [6, 6.07) is 16.3. The van der Waals surface area contributed by atoms with Crippen LogP contribution in [0.3, 0.4) is 0 Å². The van der Waals surface area contributed by atoms with Gasteiger partial charge in [0.25, 0.3) is 0 Å². The normalized spacial score (nSPS) is 12.0. The molecular weight excluding hydrogens is 316 g/mol. The molecule has 0 aromatic heterocycles. The predicted molar refractivity (Wildman–Crippen MR) is 96.3 cm³/mol. The van der Waals surface area contributed by atoms with Crippen LogP contribution in [0.1, 0.15) is 17.0 Å². The second kappa shape index (κ2) is 7.66. The highest BCUT2D eigenvalue weighted by atomic mass is 16.5. The highest BCUT2D eigenvalue weighted by Gasteiger charge is 2.28. The summed E-state index contributed by atoms with van der Waals surface area (Å²) in [5, 5.41) is 5.04. The van der Waals surface area contributed by atoms with Crippen molar-refractivity contribution in [3.63, 3.8) is 0 Å². The van der Waals surface area contributed by atoms with Crippen LogP contribution in [-0.4, -0.2) is 31.7 Å². The summed E-state index contributed by atoms with van der Waals surface area (Å²) < 4.78 is 5.34. The lowest BCUT2D eigenvalue weighted by Crippen LogP contribution is -2.37. The second-order valence-corrected chi connectivity index (χ2v) is 5.77. The van der Waals surface area contributed by atoms with Gasteiger partial charge in [0, 0.05) is 12.5 Å². The average Bonchev–Trinajstić information content (AvgIpc) is 2.97. The Morgan fingerprint density at radius 2 is 1.60 bits per heavy atom. The van der Waals surface area contributed by atoms with Crippen molar-refractivity contribution >= 4 is 12.0 Å². The van der Waals surface area contributed by atoms with Crippen LogP contribution in [0.25, 0.3) is 11.1 Å². The number of nitrogens with one attached hydrogen (secondary N) is 2. The molecule has 5 nitrogen and oxygen atoms in total. The Hall–Kier alpha value is -3.08. The molecule has 2 amide bonds. The highest BCUT2D eigenvalue weighted by molar-refractivity contribution is 5.82. The van der Waals surface area contributed by atoms with Crippen LogP contribution in [0.2, 0.25) is 0 Å². The van der Waals surface area contributed by atoms with Gasteiger partial charge in [0.05, 0.1) is 0 Å². The van der Waals surface area contributed by atoms with Gasteiger partial charge in [0.15, 0.2) is 0 Å². The summed E-state index contributed by atoms with van der Waals surface area (Å²) >= 11 is 0. The first kappa shape index (κ1) is 16.8. The average molecular weight is 336 g/mol. The molecule has 1 aliphatic rings. The first-order valence-corrected chi connectivity index (χ1v) is 8.17. The monoisotopic (exact) mass is 336 g/mol. The standard InChI is InChI=1S/C20H20N2O3/c1-2-11-21-19(23)12-22-20(24)25-13-18-16-9-5-3-7-14(16)15-8-4-6-10-17(15)18/h2-10,18H,1,11-13H2,(H,21,23)(H,22,24). The zero-order valence-corrected chi connectivity index (χ0v) is 13.8. The van der Waals surface area contributed by atoms with Crippen LogP contribution in [0.4, 0.5) is 4.79 Å². The molecule has 0 aliphatic heterocycles. The number of fused-ring (bicyclic) bond motifs is 3. The molecule has 0 heterocycles. The maximum atomic E-state index is 11.9. The Labute approximate surface area is 146 Å². The third-order valence-corrected chi connectivity index (χ3v) is 4.18. The summed E-state index contributed by atoms with van der Waals surface area (Å²) in [5.74, 6) is -0.277. The SMILES string of the molecule is C=CCNC(=O)CNC(=O)OCC1c2ccccc2-c2ccccc21. The third-order valence-electron chi connectivity index (χ3n) is 4.18. The number of ether oxygens (including phenoxy) is 1. The van der Waals surface area contributed by atoms with Crippen molar-refractivity contribution in [2.45, 2.75) is 5.92 Å². The summed E-state index contributed by atoms with van der Waals surface area (Å²) in [6.07, 6.45) is 0.973. The lowest BCUT2D eigenvalue weighted by Gasteiger charge is -2.14. The van der Waals surface area contributed by atoms with Gasteiger partial charge in [-0.1, -0.05) is 54.6 Å². The molecule has 2 N–H and O–H groups in total. The molecule has 0 saturated heterocycles. The molecule has 2 aromatic carbocycles. The van der Waals surface area contributed by atoms with Crippen LogP contribution < -0.4 is 10.6 Å². The Bertz CT molecular complexity index is 756. The first-order chi connectivity index (χ1) is 12.2. The van der Waals surface area contributed by atoms with Gasteiger partial charge in [-0.3, -0.25) is 4.79 Å². The van der Waals surface area contributed by atoms with Crippen molar-refractivity contribution in [1.29, 1.82) is 0 Å². The summed E-state index contributed by atoms with van der Waals surface area (Å²) in [6.45, 7) is 3.99. The van der Waals surface area contributed by atoms with E-state index < -0.39 is 6.09 Å². The van der Waals surface area contributed by atoms with E-state index in [1.807, 2.05) is 24.3 Å². The molecule has 0 atom stereocenters. The van der Waals surface area contributed by atoms with Crippen molar-refractivity contribution < 1.29 is 14.3 Å². The molecule has 128 valence electrons. The lowest BCUT2D eigenvalue weighted by molar-refractivity contribution is -0.119. The van der Waals surface area contributed by atoms with E-state index in [0.29, 0.717) is 6.54 Å². The van der Waals surface area contributed by atoms with Crippen LogP contribution in [0.5, 0.6) is 0 Å². The van der Waals surface area contributed by atoms with E-state index in [2.05, 4.69) is 41.5 Å². The number of rotatable bonds is 6. The molecule has 0 unspecified atom stereocenters. The fourth-order valence-electron chi connectivity index (χ4n) is 3.05. The zero-order valence-electron chi connectivity index (χ0n) is 13.8.